The number of aromatic hydroxyl groups is 1. The van der Waals surface area contributed by atoms with Gasteiger partial charge < -0.3 is 9.84 Å². The van der Waals surface area contributed by atoms with Crippen LogP contribution >= 0.6 is 0 Å². The van der Waals surface area contributed by atoms with Crippen LogP contribution in [0.5, 0.6) is 11.5 Å². The van der Waals surface area contributed by atoms with Crippen molar-refractivity contribution in [2.24, 2.45) is 5.92 Å². The van der Waals surface area contributed by atoms with E-state index >= 15 is 0 Å². The number of hydrogen-bond acceptors (Lipinski definition) is 6. The quantitative estimate of drug-likeness (QED) is 0.573. The van der Waals surface area contributed by atoms with Crippen molar-refractivity contribution in [2.45, 2.75) is 25.5 Å². The van der Waals surface area contributed by atoms with Crippen molar-refractivity contribution in [3.63, 3.8) is 0 Å². The Bertz CT molecular complexity index is 1160. The average molecular weight is 444 g/mol. The highest BCUT2D eigenvalue weighted by molar-refractivity contribution is 6.24. The number of hydrogen-bond donors (Lipinski definition) is 1. The Morgan fingerprint density at radius 1 is 0.879 bits per heavy atom. The second-order valence-electron chi connectivity index (χ2n) is 8.07. The first-order valence-corrected chi connectivity index (χ1v) is 11.0. The van der Waals surface area contributed by atoms with Crippen LogP contribution in [-0.4, -0.2) is 29.6 Å². The number of ether oxygens (including phenoxy) is 1. The highest BCUT2D eigenvalue weighted by Crippen LogP contribution is 2.49. The SMILES string of the molecule is CCCOc1ccc(N2C(=O)[C@@H]3[C@H](ON(c4ccccc4)[C@H]3c3ccccc3O)C2=O)cc1. The number of carbonyl (C=O) groups is 2. The number of fused-ring (bicyclic) bond motifs is 1. The van der Waals surface area contributed by atoms with Gasteiger partial charge in [-0.15, -0.1) is 0 Å². The van der Waals surface area contributed by atoms with Gasteiger partial charge in [0.25, 0.3) is 5.91 Å². The van der Waals surface area contributed by atoms with Crippen molar-refractivity contribution >= 4 is 23.2 Å². The summed E-state index contributed by atoms with van der Waals surface area (Å²) in [7, 11) is 0. The molecule has 0 aromatic heterocycles. The van der Waals surface area contributed by atoms with E-state index in [0.29, 0.717) is 29.3 Å². The highest BCUT2D eigenvalue weighted by atomic mass is 16.7. The molecule has 0 bridgehead atoms. The molecule has 3 aromatic carbocycles. The van der Waals surface area contributed by atoms with E-state index in [9.17, 15) is 14.7 Å². The zero-order chi connectivity index (χ0) is 22.9. The standard InChI is InChI=1S/C26H24N2O5/c1-2-16-32-19-14-12-17(13-15-19)27-25(30)22-23(20-10-6-7-11-21(20)29)28(33-24(22)26(27)31)18-8-4-3-5-9-18/h3-15,22-24,29H,2,16H2,1H3/t22-,23-,24-/m0/s1. The van der Waals surface area contributed by atoms with E-state index in [-0.39, 0.29) is 11.7 Å². The molecule has 5 rings (SSSR count). The van der Waals surface area contributed by atoms with E-state index in [1.165, 1.54) is 4.90 Å². The van der Waals surface area contributed by atoms with Crippen LogP contribution in [0.4, 0.5) is 11.4 Å². The minimum Gasteiger partial charge on any atom is -0.508 e. The number of hydroxylamine groups is 1. The minimum absolute atomic E-state index is 0.0452. The topological polar surface area (TPSA) is 79.3 Å². The molecule has 0 spiro atoms. The van der Waals surface area contributed by atoms with Crippen LogP contribution in [0.25, 0.3) is 0 Å². The number of carbonyl (C=O) groups excluding carboxylic acids is 2. The van der Waals surface area contributed by atoms with Crippen LogP contribution in [0.1, 0.15) is 24.9 Å². The summed E-state index contributed by atoms with van der Waals surface area (Å²) < 4.78 is 5.60. The average Bonchev–Trinajstić information content (AvgIpc) is 3.35. The summed E-state index contributed by atoms with van der Waals surface area (Å²) in [5.41, 5.74) is 1.69. The van der Waals surface area contributed by atoms with Crippen molar-refractivity contribution in [3.8, 4) is 11.5 Å². The molecule has 2 aliphatic rings. The summed E-state index contributed by atoms with van der Waals surface area (Å²) >= 11 is 0. The maximum atomic E-state index is 13.6. The highest BCUT2D eigenvalue weighted by Gasteiger charge is 2.60. The van der Waals surface area contributed by atoms with Crippen LogP contribution in [0.15, 0.2) is 78.9 Å². The fourth-order valence-electron chi connectivity index (χ4n) is 4.43. The molecule has 33 heavy (non-hydrogen) atoms. The van der Waals surface area contributed by atoms with E-state index in [2.05, 4.69) is 0 Å². The molecule has 2 heterocycles. The third-order valence-electron chi connectivity index (χ3n) is 5.95. The van der Waals surface area contributed by atoms with Gasteiger partial charge in [0.1, 0.15) is 17.4 Å². The molecule has 1 N–H and O–H groups in total. The second kappa shape index (κ2) is 8.60. The number of phenols is 1. The lowest BCUT2D eigenvalue weighted by Crippen LogP contribution is -2.37. The van der Waals surface area contributed by atoms with Crippen molar-refractivity contribution in [2.75, 3.05) is 16.6 Å². The van der Waals surface area contributed by atoms with Gasteiger partial charge in [-0.05, 0) is 48.9 Å². The molecule has 3 aromatic rings. The molecule has 0 saturated carbocycles. The molecule has 2 amide bonds. The number of nitrogens with zero attached hydrogens (tertiary/aromatic N) is 2. The van der Waals surface area contributed by atoms with Gasteiger partial charge in [0, 0.05) is 5.56 Å². The first-order valence-electron chi connectivity index (χ1n) is 11.0. The number of para-hydroxylation sites is 2. The van der Waals surface area contributed by atoms with E-state index in [1.54, 1.807) is 53.6 Å². The fraction of sp³-hybridized carbons (Fsp3) is 0.231. The van der Waals surface area contributed by atoms with E-state index in [1.807, 2.05) is 37.3 Å². The van der Waals surface area contributed by atoms with Crippen molar-refractivity contribution in [3.05, 3.63) is 84.4 Å². The van der Waals surface area contributed by atoms with Crippen LogP contribution in [0, 0.1) is 5.92 Å². The van der Waals surface area contributed by atoms with Gasteiger partial charge in [0.15, 0.2) is 6.10 Å². The van der Waals surface area contributed by atoms with Crippen LogP contribution in [-0.2, 0) is 14.4 Å². The lowest BCUT2D eigenvalue weighted by molar-refractivity contribution is -0.126. The molecule has 2 aliphatic heterocycles. The Kier molecular flexibility index (Phi) is 5.48. The Hall–Kier alpha value is -3.84. The molecule has 0 unspecified atom stereocenters. The number of rotatable bonds is 6. The number of benzene rings is 3. The Morgan fingerprint density at radius 3 is 2.27 bits per heavy atom. The first kappa shape index (κ1) is 21.0. The lowest BCUT2D eigenvalue weighted by atomic mass is 9.90. The third-order valence-corrected chi connectivity index (χ3v) is 5.95. The van der Waals surface area contributed by atoms with E-state index < -0.39 is 24.0 Å². The molecule has 3 atom stereocenters. The normalized spacial score (nSPS) is 22.0. The molecule has 2 fully saturated rings. The monoisotopic (exact) mass is 444 g/mol. The largest absolute Gasteiger partial charge is 0.508 e. The van der Waals surface area contributed by atoms with Gasteiger partial charge in [-0.3, -0.25) is 14.4 Å². The molecular formula is C26H24N2O5. The van der Waals surface area contributed by atoms with Crippen LogP contribution in [0.2, 0.25) is 0 Å². The number of amides is 2. The summed E-state index contributed by atoms with van der Waals surface area (Å²) in [6.07, 6.45) is -0.102. The van der Waals surface area contributed by atoms with Gasteiger partial charge in [-0.25, -0.2) is 9.96 Å². The fourth-order valence-corrected chi connectivity index (χ4v) is 4.43. The smallest absolute Gasteiger partial charge is 0.266 e. The maximum absolute atomic E-state index is 13.6. The lowest BCUT2D eigenvalue weighted by Gasteiger charge is -2.29. The second-order valence-corrected chi connectivity index (χ2v) is 8.07. The molecule has 0 aliphatic carbocycles. The predicted octanol–water partition coefficient (Wildman–Crippen LogP) is 4.23. The summed E-state index contributed by atoms with van der Waals surface area (Å²) in [5, 5.41) is 12.2. The van der Waals surface area contributed by atoms with Crippen molar-refractivity contribution < 1.29 is 24.3 Å². The predicted molar refractivity (Wildman–Crippen MR) is 123 cm³/mol. The Balaban J connectivity index is 1.51. The maximum Gasteiger partial charge on any atom is 0.266 e. The van der Waals surface area contributed by atoms with Crippen LogP contribution in [0.3, 0.4) is 0 Å². The van der Waals surface area contributed by atoms with Gasteiger partial charge in [0.2, 0.25) is 5.91 Å². The Labute approximate surface area is 191 Å². The zero-order valence-corrected chi connectivity index (χ0v) is 18.1. The number of phenolic OH excluding ortho intramolecular Hbond substituents is 1. The summed E-state index contributed by atoms with van der Waals surface area (Å²) in [6.45, 7) is 2.62. The van der Waals surface area contributed by atoms with Crippen molar-refractivity contribution in [1.29, 1.82) is 0 Å². The number of anilines is 2. The third kappa shape index (κ3) is 3.60. The van der Waals surface area contributed by atoms with E-state index in [0.717, 1.165) is 6.42 Å². The molecular weight excluding hydrogens is 420 g/mol. The van der Waals surface area contributed by atoms with Crippen molar-refractivity contribution in [1.82, 2.24) is 0 Å². The number of imide groups is 1. The molecule has 2 saturated heterocycles. The molecule has 0 radical (unpaired) electrons. The molecule has 168 valence electrons. The first-order chi connectivity index (χ1) is 16.1. The molecule has 7 heteroatoms. The minimum atomic E-state index is -0.988. The summed E-state index contributed by atoms with van der Waals surface area (Å²) in [6, 6.07) is 22.3. The van der Waals surface area contributed by atoms with Crippen LogP contribution < -0.4 is 14.7 Å². The van der Waals surface area contributed by atoms with Gasteiger partial charge in [0.05, 0.1) is 24.0 Å². The van der Waals surface area contributed by atoms with E-state index in [4.69, 9.17) is 9.57 Å². The zero-order valence-electron chi connectivity index (χ0n) is 18.1. The van der Waals surface area contributed by atoms with Gasteiger partial charge in [-0.2, -0.15) is 0 Å². The van der Waals surface area contributed by atoms with Gasteiger partial charge in [-0.1, -0.05) is 43.3 Å². The molecule has 7 nitrogen and oxygen atoms in total. The summed E-state index contributed by atoms with van der Waals surface area (Å²) in [5.74, 6) is -0.866. The summed E-state index contributed by atoms with van der Waals surface area (Å²) in [4.78, 5) is 34.2. The Morgan fingerprint density at radius 2 is 1.58 bits per heavy atom. The van der Waals surface area contributed by atoms with Gasteiger partial charge >= 0.3 is 0 Å².